The molecule has 0 bridgehead atoms. The number of aromatic nitrogens is 1. The molecule has 0 unspecified atom stereocenters. The van der Waals surface area contributed by atoms with E-state index >= 15 is 0 Å². The average molecular weight is 265 g/mol. The average Bonchev–Trinajstić information content (AvgIpc) is 2.82. The Morgan fingerprint density at radius 3 is 2.89 bits per heavy atom. The van der Waals surface area contributed by atoms with Gasteiger partial charge in [0.1, 0.15) is 5.82 Å². The summed E-state index contributed by atoms with van der Waals surface area (Å²) in [4.78, 5) is 6.05. The van der Waals surface area contributed by atoms with Gasteiger partial charge in [-0.05, 0) is 30.7 Å². The summed E-state index contributed by atoms with van der Waals surface area (Å²) in [6, 6.07) is 5.27. The van der Waals surface area contributed by atoms with Gasteiger partial charge in [-0.3, -0.25) is 0 Å². The van der Waals surface area contributed by atoms with Crippen molar-refractivity contribution in [3.8, 4) is 0 Å². The van der Waals surface area contributed by atoms with Gasteiger partial charge in [0.05, 0.1) is 23.4 Å². The molecule has 0 radical (unpaired) electrons. The molecule has 0 aliphatic rings. The molecule has 5 heteroatoms. The van der Waals surface area contributed by atoms with E-state index in [1.165, 1.54) is 0 Å². The third kappa shape index (κ3) is 3.05. The normalized spacial score (nSPS) is 10.6. The van der Waals surface area contributed by atoms with Gasteiger partial charge >= 0.3 is 0 Å². The number of nitrogens with zero attached hydrogens (tertiary/aromatic N) is 2. The van der Waals surface area contributed by atoms with Crippen LogP contribution in [0.25, 0.3) is 0 Å². The van der Waals surface area contributed by atoms with Crippen molar-refractivity contribution in [2.45, 2.75) is 13.0 Å². The summed E-state index contributed by atoms with van der Waals surface area (Å²) in [5.74, 6) is -0.210. The minimum atomic E-state index is -0.210. The third-order valence-corrected chi connectivity index (χ3v) is 3.37. The first kappa shape index (κ1) is 13.0. The molecule has 3 nitrogen and oxygen atoms in total. The van der Waals surface area contributed by atoms with Gasteiger partial charge in [-0.25, -0.2) is 9.37 Å². The number of benzene rings is 1. The fourth-order valence-electron chi connectivity index (χ4n) is 1.83. The van der Waals surface area contributed by atoms with Crippen molar-refractivity contribution in [2.75, 3.05) is 18.5 Å². The molecule has 2 aromatic rings. The number of nitrogens with two attached hydrogens (primary N) is 1. The van der Waals surface area contributed by atoms with Crippen molar-refractivity contribution in [3.05, 3.63) is 46.2 Å². The first-order chi connectivity index (χ1) is 8.70. The molecule has 18 heavy (non-hydrogen) atoms. The SMILES string of the molecule is CN(Cc1cscn1)c1ccc(CCN)cc1F. The maximum atomic E-state index is 14.0. The maximum absolute atomic E-state index is 14.0. The second-order valence-corrected chi connectivity index (χ2v) is 4.88. The lowest BCUT2D eigenvalue weighted by Gasteiger charge is -2.19. The van der Waals surface area contributed by atoms with Gasteiger partial charge in [0.25, 0.3) is 0 Å². The second kappa shape index (κ2) is 5.93. The van der Waals surface area contributed by atoms with E-state index in [2.05, 4.69) is 4.98 Å². The Kier molecular flexibility index (Phi) is 4.28. The summed E-state index contributed by atoms with van der Waals surface area (Å²) < 4.78 is 14.0. The van der Waals surface area contributed by atoms with Crippen LogP contribution in [0.1, 0.15) is 11.3 Å². The van der Waals surface area contributed by atoms with Crippen molar-refractivity contribution in [3.63, 3.8) is 0 Å². The molecule has 2 rings (SSSR count). The predicted molar refractivity (Wildman–Crippen MR) is 73.4 cm³/mol. The zero-order chi connectivity index (χ0) is 13.0. The van der Waals surface area contributed by atoms with Crippen molar-refractivity contribution < 1.29 is 4.39 Å². The van der Waals surface area contributed by atoms with Crippen molar-refractivity contribution in [1.29, 1.82) is 0 Å². The van der Waals surface area contributed by atoms with Crippen molar-refractivity contribution >= 4 is 17.0 Å². The molecule has 0 atom stereocenters. The van der Waals surface area contributed by atoms with Crippen LogP contribution in [0.15, 0.2) is 29.1 Å². The van der Waals surface area contributed by atoms with Crippen LogP contribution in [0, 0.1) is 5.82 Å². The van der Waals surface area contributed by atoms with Gasteiger partial charge < -0.3 is 10.6 Å². The van der Waals surface area contributed by atoms with Crippen LogP contribution in [-0.4, -0.2) is 18.6 Å². The molecule has 0 aliphatic heterocycles. The highest BCUT2D eigenvalue weighted by Gasteiger charge is 2.09. The number of hydrogen-bond donors (Lipinski definition) is 1. The minimum Gasteiger partial charge on any atom is -0.366 e. The van der Waals surface area contributed by atoms with Crippen molar-refractivity contribution in [2.24, 2.45) is 5.73 Å². The summed E-state index contributed by atoms with van der Waals surface area (Å²) in [5.41, 5.74) is 9.71. The van der Waals surface area contributed by atoms with Crippen LogP contribution in [0.4, 0.5) is 10.1 Å². The van der Waals surface area contributed by atoms with E-state index in [1.54, 1.807) is 29.0 Å². The molecule has 1 heterocycles. The first-order valence-electron chi connectivity index (χ1n) is 5.77. The lowest BCUT2D eigenvalue weighted by molar-refractivity contribution is 0.619. The molecule has 0 aliphatic carbocycles. The summed E-state index contributed by atoms with van der Waals surface area (Å²) in [6.07, 6.45) is 0.701. The second-order valence-electron chi connectivity index (χ2n) is 4.16. The monoisotopic (exact) mass is 265 g/mol. The number of halogens is 1. The lowest BCUT2D eigenvalue weighted by atomic mass is 10.1. The Labute approximate surface area is 110 Å². The van der Waals surface area contributed by atoms with E-state index in [-0.39, 0.29) is 5.82 Å². The Hall–Kier alpha value is -1.46. The summed E-state index contributed by atoms with van der Waals surface area (Å²) in [7, 11) is 1.86. The molecule has 96 valence electrons. The lowest BCUT2D eigenvalue weighted by Crippen LogP contribution is -2.18. The molecule has 1 aromatic carbocycles. The molecule has 0 saturated carbocycles. The standard InChI is InChI=1S/C13H16FN3S/c1-17(7-11-8-18-9-16-11)13-3-2-10(4-5-15)6-12(13)14/h2-3,6,8-9H,4-5,7,15H2,1H3. The highest BCUT2D eigenvalue weighted by molar-refractivity contribution is 7.07. The molecule has 0 spiro atoms. The van der Waals surface area contributed by atoms with Crippen LogP contribution in [0.2, 0.25) is 0 Å². The molecule has 0 amide bonds. The quantitative estimate of drug-likeness (QED) is 0.902. The molecular formula is C13H16FN3S. The van der Waals surface area contributed by atoms with Gasteiger partial charge in [-0.15, -0.1) is 11.3 Å². The highest BCUT2D eigenvalue weighted by Crippen LogP contribution is 2.21. The maximum Gasteiger partial charge on any atom is 0.146 e. The van der Waals surface area contributed by atoms with E-state index in [4.69, 9.17) is 5.73 Å². The Bertz CT molecular complexity index is 499. The molecular weight excluding hydrogens is 249 g/mol. The summed E-state index contributed by atoms with van der Waals surface area (Å²) >= 11 is 1.54. The minimum absolute atomic E-state index is 0.210. The Morgan fingerprint density at radius 2 is 2.28 bits per heavy atom. The number of hydrogen-bond acceptors (Lipinski definition) is 4. The molecule has 0 fully saturated rings. The van der Waals surface area contributed by atoms with Gasteiger partial charge in [0.15, 0.2) is 0 Å². The van der Waals surface area contributed by atoms with Gasteiger partial charge in [0, 0.05) is 12.4 Å². The first-order valence-corrected chi connectivity index (χ1v) is 6.71. The molecule has 2 N–H and O–H groups in total. The predicted octanol–water partition coefficient (Wildman–Crippen LogP) is 2.42. The molecule has 1 aromatic heterocycles. The number of rotatable bonds is 5. The van der Waals surface area contributed by atoms with Crippen molar-refractivity contribution in [1.82, 2.24) is 4.98 Å². The van der Waals surface area contributed by atoms with E-state index < -0.39 is 0 Å². The van der Waals surface area contributed by atoms with Gasteiger partial charge in [0.2, 0.25) is 0 Å². The van der Waals surface area contributed by atoms with Crippen LogP contribution < -0.4 is 10.6 Å². The third-order valence-electron chi connectivity index (χ3n) is 2.74. The van der Waals surface area contributed by atoms with Crippen LogP contribution in [0.3, 0.4) is 0 Å². The number of thiazole rings is 1. The topological polar surface area (TPSA) is 42.2 Å². The zero-order valence-corrected chi connectivity index (χ0v) is 11.1. The van der Waals surface area contributed by atoms with E-state index in [1.807, 2.05) is 23.4 Å². The Balaban J connectivity index is 2.12. The number of anilines is 1. The van der Waals surface area contributed by atoms with E-state index in [0.29, 0.717) is 25.2 Å². The fraction of sp³-hybridized carbons (Fsp3) is 0.308. The van der Waals surface area contributed by atoms with E-state index in [0.717, 1.165) is 11.3 Å². The van der Waals surface area contributed by atoms with Crippen LogP contribution in [0.5, 0.6) is 0 Å². The van der Waals surface area contributed by atoms with Gasteiger partial charge in [-0.1, -0.05) is 6.07 Å². The van der Waals surface area contributed by atoms with Crippen LogP contribution in [-0.2, 0) is 13.0 Å². The molecule has 0 saturated heterocycles. The largest absolute Gasteiger partial charge is 0.366 e. The van der Waals surface area contributed by atoms with Gasteiger partial charge in [-0.2, -0.15) is 0 Å². The van der Waals surface area contributed by atoms with E-state index in [9.17, 15) is 4.39 Å². The fourth-order valence-corrected chi connectivity index (χ4v) is 2.38. The summed E-state index contributed by atoms with van der Waals surface area (Å²) in [6.45, 7) is 1.14. The Morgan fingerprint density at radius 1 is 1.44 bits per heavy atom. The smallest absolute Gasteiger partial charge is 0.146 e. The summed E-state index contributed by atoms with van der Waals surface area (Å²) in [5, 5.41) is 1.97. The highest BCUT2D eigenvalue weighted by atomic mass is 32.1. The van der Waals surface area contributed by atoms with Crippen LogP contribution >= 0.6 is 11.3 Å². The zero-order valence-electron chi connectivity index (χ0n) is 10.3.